The molecule has 2 rings (SSSR count). The smallest absolute Gasteiger partial charge is 0.172 e. The third-order valence-corrected chi connectivity index (χ3v) is 4.06. The highest BCUT2D eigenvalue weighted by atomic mass is 79.9. The Labute approximate surface area is 132 Å². The molecule has 0 spiro atoms. The lowest BCUT2D eigenvalue weighted by Crippen LogP contribution is -2.38. The number of ether oxygens (including phenoxy) is 1. The minimum atomic E-state index is 0.0551. The summed E-state index contributed by atoms with van der Waals surface area (Å²) < 4.78 is 6.51. The maximum Gasteiger partial charge on any atom is 0.172 e. The van der Waals surface area contributed by atoms with Gasteiger partial charge < -0.3 is 25.7 Å². The number of piperidine rings is 1. The Morgan fingerprint density at radius 3 is 2.76 bits per heavy atom. The van der Waals surface area contributed by atoms with Crippen LogP contribution in [-0.4, -0.2) is 48.6 Å². The van der Waals surface area contributed by atoms with E-state index in [0.29, 0.717) is 6.61 Å². The first-order chi connectivity index (χ1) is 10.2. The molecule has 1 aliphatic heterocycles. The summed E-state index contributed by atoms with van der Waals surface area (Å²) >= 11 is 3.46. The molecule has 0 saturated carbocycles. The molecule has 0 aliphatic carbocycles. The van der Waals surface area contributed by atoms with Gasteiger partial charge in [-0.2, -0.15) is 0 Å². The fourth-order valence-corrected chi connectivity index (χ4v) is 2.87. The zero-order valence-corrected chi connectivity index (χ0v) is 13.3. The Hall–Kier alpha value is -1.31. The Morgan fingerprint density at radius 2 is 2.14 bits per heavy atom. The quantitative estimate of drug-likeness (QED) is 0.321. The SMILES string of the molecule is N/C(=N/O)c1ccc(Br)cc1N1CCC(OCCO)CC1. The number of hydrogen-bond acceptors (Lipinski definition) is 5. The molecule has 1 aromatic carbocycles. The van der Waals surface area contributed by atoms with Crippen LogP contribution in [0.25, 0.3) is 0 Å². The van der Waals surface area contributed by atoms with Gasteiger partial charge in [0.2, 0.25) is 0 Å². The first-order valence-corrected chi connectivity index (χ1v) is 7.70. The van der Waals surface area contributed by atoms with Crippen LogP contribution in [-0.2, 0) is 4.74 Å². The average molecular weight is 358 g/mol. The van der Waals surface area contributed by atoms with Gasteiger partial charge in [-0.15, -0.1) is 0 Å². The van der Waals surface area contributed by atoms with Crippen molar-refractivity contribution in [1.82, 2.24) is 0 Å². The van der Waals surface area contributed by atoms with Crippen molar-refractivity contribution in [3.05, 3.63) is 28.2 Å². The topological polar surface area (TPSA) is 91.3 Å². The van der Waals surface area contributed by atoms with Crippen LogP contribution in [0.5, 0.6) is 0 Å². The molecule has 0 atom stereocenters. The summed E-state index contributed by atoms with van der Waals surface area (Å²) in [5.74, 6) is 0.108. The lowest BCUT2D eigenvalue weighted by atomic mass is 10.0. The molecule has 116 valence electrons. The van der Waals surface area contributed by atoms with Crippen LogP contribution in [0.15, 0.2) is 27.8 Å². The van der Waals surface area contributed by atoms with E-state index in [-0.39, 0.29) is 18.5 Å². The minimum Gasteiger partial charge on any atom is -0.409 e. The number of nitrogens with zero attached hydrogens (tertiary/aromatic N) is 2. The highest BCUT2D eigenvalue weighted by Gasteiger charge is 2.22. The van der Waals surface area contributed by atoms with Crippen molar-refractivity contribution in [3.63, 3.8) is 0 Å². The van der Waals surface area contributed by atoms with Crippen molar-refractivity contribution in [2.75, 3.05) is 31.2 Å². The lowest BCUT2D eigenvalue weighted by Gasteiger charge is -2.34. The van der Waals surface area contributed by atoms with Crippen LogP contribution in [0.2, 0.25) is 0 Å². The molecule has 1 aromatic rings. The second-order valence-electron chi connectivity index (χ2n) is 4.93. The third kappa shape index (κ3) is 4.09. The highest BCUT2D eigenvalue weighted by molar-refractivity contribution is 9.10. The largest absolute Gasteiger partial charge is 0.409 e. The van der Waals surface area contributed by atoms with E-state index in [0.717, 1.165) is 41.7 Å². The zero-order valence-electron chi connectivity index (χ0n) is 11.7. The summed E-state index contributed by atoms with van der Waals surface area (Å²) in [7, 11) is 0. The normalized spacial score (nSPS) is 17.2. The molecule has 1 aliphatic rings. The van der Waals surface area contributed by atoms with E-state index >= 15 is 0 Å². The molecule has 4 N–H and O–H groups in total. The van der Waals surface area contributed by atoms with E-state index in [2.05, 4.69) is 26.0 Å². The third-order valence-electron chi connectivity index (χ3n) is 3.57. The number of nitrogens with two attached hydrogens (primary N) is 1. The van der Waals surface area contributed by atoms with Gasteiger partial charge in [-0.25, -0.2) is 0 Å². The standard InChI is InChI=1S/C14H20BrN3O3/c15-10-1-2-12(14(16)17-20)13(9-10)18-5-3-11(4-6-18)21-8-7-19/h1-2,9,11,19-20H,3-8H2,(H2,16,17). The number of halogens is 1. The highest BCUT2D eigenvalue weighted by Crippen LogP contribution is 2.28. The second kappa shape index (κ2) is 7.63. The maximum absolute atomic E-state index is 8.91. The van der Waals surface area contributed by atoms with Crippen LogP contribution in [0.3, 0.4) is 0 Å². The van der Waals surface area contributed by atoms with Crippen LogP contribution in [0, 0.1) is 0 Å². The molecular formula is C14H20BrN3O3. The van der Waals surface area contributed by atoms with E-state index in [1.165, 1.54) is 0 Å². The molecular weight excluding hydrogens is 338 g/mol. The van der Waals surface area contributed by atoms with Crippen molar-refractivity contribution >= 4 is 27.5 Å². The number of oxime groups is 1. The van der Waals surface area contributed by atoms with Crippen molar-refractivity contribution in [3.8, 4) is 0 Å². The number of aliphatic hydroxyl groups is 1. The summed E-state index contributed by atoms with van der Waals surface area (Å²) in [6.07, 6.45) is 1.97. The predicted molar refractivity (Wildman–Crippen MR) is 84.9 cm³/mol. The summed E-state index contributed by atoms with van der Waals surface area (Å²) in [6.45, 7) is 2.10. The zero-order chi connectivity index (χ0) is 15.2. The van der Waals surface area contributed by atoms with Gasteiger partial charge in [0.05, 0.1) is 19.3 Å². The van der Waals surface area contributed by atoms with Gasteiger partial charge in [-0.3, -0.25) is 0 Å². The molecule has 0 unspecified atom stereocenters. The molecule has 0 radical (unpaired) electrons. The number of anilines is 1. The van der Waals surface area contributed by atoms with Crippen molar-refractivity contribution < 1.29 is 15.1 Å². The van der Waals surface area contributed by atoms with E-state index < -0.39 is 0 Å². The first kappa shape index (κ1) is 16.1. The number of aliphatic hydroxyl groups excluding tert-OH is 1. The first-order valence-electron chi connectivity index (χ1n) is 6.90. The van der Waals surface area contributed by atoms with Crippen molar-refractivity contribution in [2.24, 2.45) is 10.9 Å². The van der Waals surface area contributed by atoms with E-state index in [1.807, 2.05) is 18.2 Å². The Kier molecular flexibility index (Phi) is 5.84. The van der Waals surface area contributed by atoms with Gasteiger partial charge in [-0.1, -0.05) is 21.1 Å². The second-order valence-corrected chi connectivity index (χ2v) is 5.84. The molecule has 1 fully saturated rings. The maximum atomic E-state index is 8.91. The monoisotopic (exact) mass is 357 g/mol. The van der Waals surface area contributed by atoms with Crippen LogP contribution in [0.1, 0.15) is 18.4 Å². The molecule has 1 saturated heterocycles. The van der Waals surface area contributed by atoms with E-state index in [9.17, 15) is 0 Å². The number of amidine groups is 1. The predicted octanol–water partition coefficient (Wildman–Crippen LogP) is 1.52. The Bertz CT molecular complexity index is 502. The lowest BCUT2D eigenvalue weighted by molar-refractivity contribution is 0.0159. The fourth-order valence-electron chi connectivity index (χ4n) is 2.52. The number of rotatable bonds is 5. The summed E-state index contributed by atoms with van der Waals surface area (Å²) in [5, 5.41) is 20.8. The Balaban J connectivity index is 2.11. The van der Waals surface area contributed by atoms with Gasteiger partial charge in [0.15, 0.2) is 5.84 Å². The number of benzene rings is 1. The molecule has 21 heavy (non-hydrogen) atoms. The van der Waals surface area contributed by atoms with Crippen LogP contribution < -0.4 is 10.6 Å². The van der Waals surface area contributed by atoms with Gasteiger partial charge in [0.1, 0.15) is 0 Å². The van der Waals surface area contributed by atoms with Gasteiger partial charge in [0.25, 0.3) is 0 Å². The fraction of sp³-hybridized carbons (Fsp3) is 0.500. The molecule has 0 bridgehead atoms. The van der Waals surface area contributed by atoms with Crippen LogP contribution >= 0.6 is 15.9 Å². The number of hydrogen-bond donors (Lipinski definition) is 3. The summed E-state index contributed by atoms with van der Waals surface area (Å²) in [6, 6.07) is 5.68. The van der Waals surface area contributed by atoms with Gasteiger partial charge >= 0.3 is 0 Å². The van der Waals surface area contributed by atoms with Crippen LogP contribution in [0.4, 0.5) is 5.69 Å². The minimum absolute atomic E-state index is 0.0551. The van der Waals surface area contributed by atoms with Crippen molar-refractivity contribution in [2.45, 2.75) is 18.9 Å². The molecule has 0 aromatic heterocycles. The van der Waals surface area contributed by atoms with Crippen molar-refractivity contribution in [1.29, 1.82) is 0 Å². The Morgan fingerprint density at radius 1 is 1.43 bits per heavy atom. The molecule has 6 nitrogen and oxygen atoms in total. The summed E-state index contributed by atoms with van der Waals surface area (Å²) in [4.78, 5) is 2.21. The molecule has 7 heteroatoms. The van der Waals surface area contributed by atoms with Gasteiger partial charge in [0, 0.05) is 28.8 Å². The average Bonchev–Trinajstić information content (AvgIpc) is 2.52. The molecule has 1 heterocycles. The molecule has 0 amide bonds. The summed E-state index contributed by atoms with van der Waals surface area (Å²) in [5.41, 5.74) is 7.41. The van der Waals surface area contributed by atoms with E-state index in [1.54, 1.807) is 0 Å². The van der Waals surface area contributed by atoms with E-state index in [4.69, 9.17) is 20.8 Å². The van der Waals surface area contributed by atoms with Gasteiger partial charge in [-0.05, 0) is 31.0 Å².